The fourth-order valence-corrected chi connectivity index (χ4v) is 4.96. The summed E-state index contributed by atoms with van der Waals surface area (Å²) in [5.74, 6) is 1.40. The number of rotatable bonds is 4. The number of carboxylic acid groups (broad SMARTS) is 1. The minimum atomic E-state index is -0.687. The van der Waals surface area contributed by atoms with Gasteiger partial charge in [-0.1, -0.05) is 18.0 Å². The van der Waals surface area contributed by atoms with Crippen LogP contribution in [-0.2, 0) is 11.3 Å². The van der Waals surface area contributed by atoms with Crippen molar-refractivity contribution >= 4 is 5.97 Å². The Hall–Kier alpha value is -1.47. The number of hydrogen-bond acceptors (Lipinski definition) is 6. The van der Waals surface area contributed by atoms with Crippen molar-refractivity contribution in [1.82, 2.24) is 19.9 Å². The maximum atomic E-state index is 11.4. The molecule has 7 nitrogen and oxygen atoms in total. The first kappa shape index (κ1) is 17.0. The molecule has 25 heavy (non-hydrogen) atoms. The van der Waals surface area contributed by atoms with Gasteiger partial charge in [-0.2, -0.15) is 4.98 Å². The highest BCUT2D eigenvalue weighted by Crippen LogP contribution is 2.43. The Kier molecular flexibility index (Phi) is 4.54. The fourth-order valence-electron chi connectivity index (χ4n) is 4.96. The van der Waals surface area contributed by atoms with Crippen LogP contribution in [-0.4, -0.2) is 63.7 Å². The molecule has 3 aliphatic rings. The van der Waals surface area contributed by atoms with E-state index in [0.717, 1.165) is 57.2 Å². The number of carbonyl (C=O) groups is 1. The van der Waals surface area contributed by atoms with Crippen molar-refractivity contribution in [2.75, 3.05) is 26.7 Å². The molecule has 1 spiro atoms. The Morgan fingerprint density at radius 2 is 2.04 bits per heavy atom. The summed E-state index contributed by atoms with van der Waals surface area (Å²) in [4.78, 5) is 20.4. The van der Waals surface area contributed by atoms with E-state index in [1.165, 1.54) is 25.7 Å². The second-order valence-corrected chi connectivity index (χ2v) is 8.28. The highest BCUT2D eigenvalue weighted by molar-refractivity contribution is 5.74. The number of aliphatic carboxylic acids is 1. The zero-order valence-corrected chi connectivity index (χ0v) is 15.0. The molecule has 2 aliphatic heterocycles. The molecule has 1 unspecified atom stereocenters. The van der Waals surface area contributed by atoms with Crippen LogP contribution in [0, 0.1) is 5.41 Å². The zero-order valence-electron chi connectivity index (χ0n) is 15.0. The van der Waals surface area contributed by atoms with Gasteiger partial charge in [0.2, 0.25) is 5.89 Å². The first-order valence-corrected chi connectivity index (χ1v) is 9.53. The monoisotopic (exact) mass is 348 g/mol. The lowest BCUT2D eigenvalue weighted by atomic mass is 9.76. The van der Waals surface area contributed by atoms with Crippen LogP contribution < -0.4 is 0 Å². The molecule has 2 saturated heterocycles. The third-order valence-corrected chi connectivity index (χ3v) is 6.50. The molecule has 0 aromatic carbocycles. The maximum Gasteiger partial charge on any atom is 0.320 e. The largest absolute Gasteiger partial charge is 0.480 e. The van der Waals surface area contributed by atoms with Gasteiger partial charge in [0.15, 0.2) is 5.82 Å². The van der Waals surface area contributed by atoms with E-state index in [0.29, 0.717) is 5.92 Å². The molecule has 1 N–H and O–H groups in total. The van der Waals surface area contributed by atoms with Gasteiger partial charge in [0.1, 0.15) is 6.04 Å². The Balaban J connectivity index is 1.31. The fraction of sp³-hybridized carbons (Fsp3) is 0.833. The molecule has 138 valence electrons. The summed E-state index contributed by atoms with van der Waals surface area (Å²) in [6.45, 7) is 3.59. The molecule has 1 atom stereocenters. The van der Waals surface area contributed by atoms with Crippen molar-refractivity contribution in [2.24, 2.45) is 5.41 Å². The first-order chi connectivity index (χ1) is 12.0. The second kappa shape index (κ2) is 6.68. The minimum absolute atomic E-state index is 0.167. The molecule has 0 radical (unpaired) electrons. The van der Waals surface area contributed by atoms with E-state index in [4.69, 9.17) is 4.52 Å². The van der Waals surface area contributed by atoms with Crippen LogP contribution in [0.15, 0.2) is 4.52 Å². The van der Waals surface area contributed by atoms with Crippen LogP contribution in [0.4, 0.5) is 0 Å². The van der Waals surface area contributed by atoms with Gasteiger partial charge < -0.3 is 9.63 Å². The van der Waals surface area contributed by atoms with Gasteiger partial charge in [0.05, 0.1) is 6.54 Å². The third-order valence-electron chi connectivity index (χ3n) is 6.50. The number of nitrogens with zero attached hydrogens (tertiary/aromatic N) is 4. The highest BCUT2D eigenvalue weighted by Gasteiger charge is 2.46. The summed E-state index contributed by atoms with van der Waals surface area (Å²) < 4.78 is 5.48. The molecule has 1 saturated carbocycles. The topological polar surface area (TPSA) is 82.7 Å². The van der Waals surface area contributed by atoms with Gasteiger partial charge in [-0.3, -0.25) is 14.6 Å². The predicted molar refractivity (Wildman–Crippen MR) is 91.1 cm³/mol. The van der Waals surface area contributed by atoms with E-state index in [1.807, 2.05) is 11.9 Å². The summed E-state index contributed by atoms with van der Waals surface area (Å²) in [7, 11) is 1.93. The lowest BCUT2D eigenvalue weighted by Gasteiger charge is -2.38. The van der Waals surface area contributed by atoms with E-state index in [2.05, 4.69) is 15.0 Å². The number of likely N-dealkylation sites (N-methyl/N-ethyl adjacent to an activating group) is 1. The Labute approximate surface area is 148 Å². The summed E-state index contributed by atoms with van der Waals surface area (Å²) >= 11 is 0. The molecule has 3 fully saturated rings. The molecular formula is C18H28N4O3. The normalized spacial score (nSPS) is 28.1. The number of aromatic nitrogens is 2. The van der Waals surface area contributed by atoms with Crippen LogP contribution in [0.5, 0.6) is 0 Å². The van der Waals surface area contributed by atoms with Crippen molar-refractivity contribution in [1.29, 1.82) is 0 Å². The van der Waals surface area contributed by atoms with Crippen LogP contribution in [0.2, 0.25) is 0 Å². The van der Waals surface area contributed by atoms with Gasteiger partial charge in [-0.05, 0) is 57.7 Å². The number of likely N-dealkylation sites (tertiary alicyclic amines) is 2. The van der Waals surface area contributed by atoms with Gasteiger partial charge in [-0.15, -0.1) is 0 Å². The summed E-state index contributed by atoms with van der Waals surface area (Å²) in [6.07, 6.45) is 7.76. The first-order valence-electron chi connectivity index (χ1n) is 9.53. The average molecular weight is 348 g/mol. The molecule has 1 aromatic rings. The van der Waals surface area contributed by atoms with Gasteiger partial charge in [-0.25, -0.2) is 0 Å². The van der Waals surface area contributed by atoms with Crippen molar-refractivity contribution in [3.05, 3.63) is 11.7 Å². The molecule has 3 heterocycles. The van der Waals surface area contributed by atoms with E-state index in [-0.39, 0.29) is 11.5 Å². The SMILES string of the molecule is CN1CC2(CCN(Cc3noc(C4CCCC4)n3)CC2)CC1C(=O)O. The van der Waals surface area contributed by atoms with Crippen molar-refractivity contribution in [3.8, 4) is 0 Å². The molecular weight excluding hydrogens is 320 g/mol. The number of carboxylic acids is 1. The summed E-state index contributed by atoms with van der Waals surface area (Å²) in [5.41, 5.74) is 0.167. The average Bonchev–Trinajstić information content (AvgIpc) is 3.30. The highest BCUT2D eigenvalue weighted by atomic mass is 16.5. The van der Waals surface area contributed by atoms with Gasteiger partial charge in [0.25, 0.3) is 0 Å². The Morgan fingerprint density at radius 3 is 2.68 bits per heavy atom. The van der Waals surface area contributed by atoms with Crippen molar-refractivity contribution in [3.63, 3.8) is 0 Å². The molecule has 0 bridgehead atoms. The van der Waals surface area contributed by atoms with Crippen LogP contribution in [0.1, 0.15) is 62.6 Å². The van der Waals surface area contributed by atoms with Crippen LogP contribution >= 0.6 is 0 Å². The molecule has 0 amide bonds. The van der Waals surface area contributed by atoms with Crippen LogP contribution in [0.25, 0.3) is 0 Å². The third kappa shape index (κ3) is 3.44. The standard InChI is InChI=1S/C18H28N4O3/c1-21-12-18(10-14(21)17(23)24)6-8-22(9-7-18)11-15-19-16(25-20-15)13-4-2-3-5-13/h13-14H,2-12H2,1H3,(H,23,24). The maximum absolute atomic E-state index is 11.4. The summed E-state index contributed by atoms with van der Waals surface area (Å²) in [6, 6.07) is -0.322. The molecule has 1 aliphatic carbocycles. The van der Waals surface area contributed by atoms with Crippen molar-refractivity contribution in [2.45, 2.75) is 63.5 Å². The van der Waals surface area contributed by atoms with Gasteiger partial charge in [0, 0.05) is 12.5 Å². The lowest BCUT2D eigenvalue weighted by molar-refractivity contribution is -0.141. The number of piperidine rings is 1. The molecule has 7 heteroatoms. The van der Waals surface area contributed by atoms with Crippen molar-refractivity contribution < 1.29 is 14.4 Å². The van der Waals surface area contributed by atoms with E-state index < -0.39 is 5.97 Å². The smallest absolute Gasteiger partial charge is 0.320 e. The quantitative estimate of drug-likeness (QED) is 0.892. The predicted octanol–water partition coefficient (Wildman–Crippen LogP) is 2.10. The zero-order chi connectivity index (χ0) is 17.4. The second-order valence-electron chi connectivity index (χ2n) is 8.28. The minimum Gasteiger partial charge on any atom is -0.480 e. The van der Waals surface area contributed by atoms with E-state index in [1.54, 1.807) is 0 Å². The Morgan fingerprint density at radius 1 is 1.32 bits per heavy atom. The van der Waals surface area contributed by atoms with E-state index in [9.17, 15) is 9.90 Å². The molecule has 4 rings (SSSR count). The number of hydrogen-bond donors (Lipinski definition) is 1. The summed E-state index contributed by atoms with van der Waals surface area (Å²) in [5, 5.41) is 13.5. The lowest BCUT2D eigenvalue weighted by Crippen LogP contribution is -2.41. The van der Waals surface area contributed by atoms with Gasteiger partial charge >= 0.3 is 5.97 Å². The van der Waals surface area contributed by atoms with E-state index >= 15 is 0 Å². The van der Waals surface area contributed by atoms with Crippen LogP contribution in [0.3, 0.4) is 0 Å². The Bertz CT molecular complexity index is 618. The molecule has 1 aromatic heterocycles.